The Balaban J connectivity index is 2.72. The van der Waals surface area contributed by atoms with E-state index in [1.54, 1.807) is 7.05 Å². The van der Waals surface area contributed by atoms with Gasteiger partial charge in [-0.25, -0.2) is 4.79 Å². The van der Waals surface area contributed by atoms with Gasteiger partial charge in [0, 0.05) is 7.05 Å². The highest BCUT2D eigenvalue weighted by Crippen LogP contribution is 2.02. The van der Waals surface area contributed by atoms with Crippen molar-refractivity contribution in [3.63, 3.8) is 0 Å². The summed E-state index contributed by atoms with van der Waals surface area (Å²) in [5.41, 5.74) is -0.258. The van der Waals surface area contributed by atoms with E-state index in [1.165, 1.54) is 15.3 Å². The average molecular weight is 209 g/mol. The smallest absolute Gasteiger partial charge is 0.331 e. The van der Waals surface area contributed by atoms with E-state index in [4.69, 9.17) is 0 Å². The summed E-state index contributed by atoms with van der Waals surface area (Å²) in [6, 6.07) is 0. The van der Waals surface area contributed by atoms with Crippen LogP contribution in [-0.2, 0) is 13.6 Å². The molecule has 5 heteroatoms. The lowest BCUT2D eigenvalue weighted by molar-refractivity contribution is 0.424. The van der Waals surface area contributed by atoms with Crippen molar-refractivity contribution in [1.82, 2.24) is 14.0 Å². The Morgan fingerprint density at radius 3 is 2.60 bits per heavy atom. The molecule has 0 aromatic carbocycles. The number of aryl methyl sites for hydroxylation is 1. The van der Waals surface area contributed by atoms with Crippen LogP contribution in [0.25, 0.3) is 0 Å². The molecule has 5 nitrogen and oxygen atoms in total. The van der Waals surface area contributed by atoms with Crippen molar-refractivity contribution in [1.29, 1.82) is 0 Å². The van der Waals surface area contributed by atoms with Crippen LogP contribution in [0.4, 0.5) is 0 Å². The van der Waals surface area contributed by atoms with Gasteiger partial charge in [0.1, 0.15) is 0 Å². The summed E-state index contributed by atoms with van der Waals surface area (Å²) in [6.07, 6.45) is 1.37. The zero-order valence-corrected chi connectivity index (χ0v) is 9.19. The summed E-state index contributed by atoms with van der Waals surface area (Å²) in [6.45, 7) is 0.863. The van der Waals surface area contributed by atoms with Crippen LogP contribution in [0.15, 0.2) is 11.0 Å². The summed E-state index contributed by atoms with van der Waals surface area (Å²) in [4.78, 5) is 13.3. The third-order valence-electron chi connectivity index (χ3n) is 1.88. The summed E-state index contributed by atoms with van der Waals surface area (Å²) in [5.74, 6) is 5.66. The van der Waals surface area contributed by atoms with E-state index >= 15 is 0 Å². The quantitative estimate of drug-likeness (QED) is 0.665. The second kappa shape index (κ2) is 4.71. The van der Waals surface area contributed by atoms with Crippen LogP contribution < -0.4 is 5.69 Å². The maximum atomic E-state index is 11.4. The second-order valence-corrected chi connectivity index (χ2v) is 3.56. The number of aromatic nitrogens is 2. The van der Waals surface area contributed by atoms with Gasteiger partial charge >= 0.3 is 5.69 Å². The highest BCUT2D eigenvalue weighted by Gasteiger charge is 2.04. The van der Waals surface area contributed by atoms with Gasteiger partial charge in [0.15, 0.2) is 0 Å². The lowest BCUT2D eigenvalue weighted by Crippen LogP contribution is -2.21. The molecule has 1 aromatic heterocycles. The molecule has 0 saturated carbocycles. The number of hydrogen-bond donors (Lipinski definition) is 1. The molecule has 1 N–H and O–H groups in total. The predicted molar refractivity (Wildman–Crippen MR) is 57.7 cm³/mol. The first-order chi connectivity index (χ1) is 7.02. The number of rotatable bonds is 2. The minimum atomic E-state index is -0.258. The molecule has 1 aromatic rings. The summed E-state index contributed by atoms with van der Waals surface area (Å²) in [5, 5.41) is 9.38. The lowest BCUT2D eigenvalue weighted by atomic mass is 10.5. The van der Waals surface area contributed by atoms with Crippen molar-refractivity contribution in [2.45, 2.75) is 6.54 Å². The summed E-state index contributed by atoms with van der Waals surface area (Å²) < 4.78 is 2.55. The SMILES string of the molecule is CN(C)CC#CCn1c(O)cn(C)c1=O. The van der Waals surface area contributed by atoms with Gasteiger partial charge in [-0.15, -0.1) is 0 Å². The van der Waals surface area contributed by atoms with Gasteiger partial charge in [-0.3, -0.25) is 14.0 Å². The minimum absolute atomic E-state index is 0.0540. The molecule has 0 bridgehead atoms. The Bertz CT molecular complexity index is 445. The van der Waals surface area contributed by atoms with E-state index in [0.717, 1.165) is 0 Å². The topological polar surface area (TPSA) is 50.4 Å². The number of nitrogens with zero attached hydrogens (tertiary/aromatic N) is 3. The van der Waals surface area contributed by atoms with Crippen molar-refractivity contribution >= 4 is 0 Å². The maximum absolute atomic E-state index is 11.4. The standard InChI is InChI=1S/C10H15N3O2/c1-11(2)6-4-5-7-13-9(14)8-12(3)10(13)15/h8,14H,6-7H2,1-3H3. The van der Waals surface area contributed by atoms with Gasteiger partial charge in [-0.1, -0.05) is 11.8 Å². The molecule has 1 rings (SSSR count). The largest absolute Gasteiger partial charge is 0.493 e. The molecule has 0 amide bonds. The van der Waals surface area contributed by atoms with E-state index in [9.17, 15) is 9.90 Å². The third-order valence-corrected chi connectivity index (χ3v) is 1.88. The van der Waals surface area contributed by atoms with Gasteiger partial charge < -0.3 is 5.11 Å². The van der Waals surface area contributed by atoms with E-state index in [-0.39, 0.29) is 18.1 Å². The van der Waals surface area contributed by atoms with E-state index in [1.807, 2.05) is 19.0 Å². The van der Waals surface area contributed by atoms with Crippen molar-refractivity contribution in [3.05, 3.63) is 16.7 Å². The molecule has 0 saturated heterocycles. The van der Waals surface area contributed by atoms with Gasteiger partial charge in [0.05, 0.1) is 19.3 Å². The first-order valence-electron chi connectivity index (χ1n) is 4.58. The fourth-order valence-electron chi connectivity index (χ4n) is 1.08. The predicted octanol–water partition coefficient (Wildman–Crippen LogP) is -0.543. The van der Waals surface area contributed by atoms with Crippen molar-refractivity contribution in [2.24, 2.45) is 7.05 Å². The van der Waals surface area contributed by atoms with Gasteiger partial charge in [0.2, 0.25) is 5.88 Å². The average Bonchev–Trinajstić information content (AvgIpc) is 2.37. The number of aromatic hydroxyl groups is 1. The third kappa shape index (κ3) is 2.89. The van der Waals surface area contributed by atoms with Crippen LogP contribution in [0.2, 0.25) is 0 Å². The highest BCUT2D eigenvalue weighted by molar-refractivity contribution is 5.09. The normalized spacial score (nSPS) is 10.1. The fraction of sp³-hybridized carbons (Fsp3) is 0.500. The van der Waals surface area contributed by atoms with Crippen LogP contribution in [0.3, 0.4) is 0 Å². The molecule has 0 unspecified atom stereocenters. The zero-order chi connectivity index (χ0) is 11.4. The fourth-order valence-corrected chi connectivity index (χ4v) is 1.08. The zero-order valence-electron chi connectivity index (χ0n) is 9.19. The Kier molecular flexibility index (Phi) is 3.58. The van der Waals surface area contributed by atoms with Gasteiger partial charge in [-0.05, 0) is 14.1 Å². The monoisotopic (exact) mass is 209 g/mol. The molecule has 0 fully saturated rings. The van der Waals surface area contributed by atoms with Crippen molar-refractivity contribution in [3.8, 4) is 17.7 Å². The molecule has 0 radical (unpaired) electrons. The molecule has 0 aliphatic carbocycles. The Labute approximate surface area is 88.5 Å². The van der Waals surface area contributed by atoms with E-state index in [2.05, 4.69) is 11.8 Å². The molecule has 0 atom stereocenters. The molecule has 15 heavy (non-hydrogen) atoms. The lowest BCUT2D eigenvalue weighted by Gasteiger charge is -2.01. The Morgan fingerprint density at radius 2 is 2.13 bits per heavy atom. The van der Waals surface area contributed by atoms with Crippen LogP contribution in [0.5, 0.6) is 5.88 Å². The molecule has 0 spiro atoms. The van der Waals surface area contributed by atoms with Gasteiger partial charge in [0.25, 0.3) is 0 Å². The first kappa shape index (κ1) is 11.4. The number of imidazole rings is 1. The van der Waals surface area contributed by atoms with Crippen LogP contribution >= 0.6 is 0 Å². The summed E-state index contributed by atoms with van der Waals surface area (Å²) in [7, 11) is 5.42. The van der Waals surface area contributed by atoms with Crippen LogP contribution in [0.1, 0.15) is 0 Å². The highest BCUT2D eigenvalue weighted by atomic mass is 16.3. The number of hydrogen-bond acceptors (Lipinski definition) is 3. The second-order valence-electron chi connectivity index (χ2n) is 3.56. The molecule has 0 aliphatic heterocycles. The minimum Gasteiger partial charge on any atom is -0.493 e. The molecular weight excluding hydrogens is 194 g/mol. The first-order valence-corrected chi connectivity index (χ1v) is 4.58. The Hall–Kier alpha value is -1.67. The molecule has 1 heterocycles. The summed E-state index contributed by atoms with van der Waals surface area (Å²) >= 11 is 0. The van der Waals surface area contributed by atoms with Crippen molar-refractivity contribution in [2.75, 3.05) is 20.6 Å². The van der Waals surface area contributed by atoms with Crippen molar-refractivity contribution < 1.29 is 5.11 Å². The molecule has 82 valence electrons. The van der Waals surface area contributed by atoms with E-state index < -0.39 is 0 Å². The molecular formula is C10H15N3O2. The van der Waals surface area contributed by atoms with Crippen LogP contribution in [0, 0.1) is 11.8 Å². The Morgan fingerprint density at radius 1 is 1.47 bits per heavy atom. The van der Waals surface area contributed by atoms with E-state index in [0.29, 0.717) is 6.54 Å². The molecule has 0 aliphatic rings. The van der Waals surface area contributed by atoms with Gasteiger partial charge in [-0.2, -0.15) is 0 Å². The van der Waals surface area contributed by atoms with Crippen LogP contribution in [-0.4, -0.2) is 39.8 Å². The maximum Gasteiger partial charge on any atom is 0.331 e.